The Labute approximate surface area is 231 Å². The molecule has 2 N–H and O–H groups in total. The number of carbonyl (C=O) groups is 1. The molecule has 3 aromatic rings. The number of aromatic hydroxyl groups is 1. The minimum absolute atomic E-state index is 0.0492. The van der Waals surface area contributed by atoms with Crippen molar-refractivity contribution in [3.05, 3.63) is 69.8 Å². The average molecular weight is 578 g/mol. The molecule has 0 saturated heterocycles. The summed E-state index contributed by atoms with van der Waals surface area (Å²) in [4.78, 5) is 28.0. The molecule has 6 rings (SSSR count). The van der Waals surface area contributed by atoms with Crippen LogP contribution in [0.15, 0.2) is 58.0 Å². The quantitative estimate of drug-likeness (QED) is 0.393. The fourth-order valence-corrected chi connectivity index (χ4v) is 6.25. The Balaban J connectivity index is 1.39. The first-order valence-electron chi connectivity index (χ1n) is 13.6. The number of nitrogens with zero attached hydrogens (tertiary/aromatic N) is 5. The Morgan fingerprint density at radius 1 is 1.08 bits per heavy atom. The van der Waals surface area contributed by atoms with Crippen molar-refractivity contribution in [1.29, 1.82) is 0 Å². The predicted octanol–water partition coefficient (Wildman–Crippen LogP) is 5.41. The van der Waals surface area contributed by atoms with Gasteiger partial charge in [0.15, 0.2) is 11.5 Å². The highest BCUT2D eigenvalue weighted by atomic mass is 79.9. The van der Waals surface area contributed by atoms with Crippen molar-refractivity contribution in [3.63, 3.8) is 0 Å². The van der Waals surface area contributed by atoms with Crippen molar-refractivity contribution in [1.82, 2.24) is 14.5 Å². The zero-order chi connectivity index (χ0) is 26.2. The normalized spacial score (nSPS) is 19.4. The minimum Gasteiger partial charge on any atom is -0.507 e. The molecule has 8 nitrogen and oxygen atoms in total. The molecule has 2 aromatic carbocycles. The summed E-state index contributed by atoms with van der Waals surface area (Å²) in [6.07, 6.45) is 6.70. The number of nitrogens with one attached hydrogen (secondary N) is 1. The summed E-state index contributed by atoms with van der Waals surface area (Å²) in [6, 6.07) is 16.2. The van der Waals surface area contributed by atoms with Gasteiger partial charge in [-0.05, 0) is 65.4 Å². The molecule has 0 spiro atoms. The second-order valence-electron chi connectivity index (χ2n) is 10.4. The number of carbonyl (C=O) groups excluding carboxylic acids is 1. The average Bonchev–Trinajstić information content (AvgIpc) is 3.49. The maximum absolute atomic E-state index is 14.0. The van der Waals surface area contributed by atoms with E-state index in [-0.39, 0.29) is 17.7 Å². The summed E-state index contributed by atoms with van der Waals surface area (Å²) >= 11 is 3.44. The van der Waals surface area contributed by atoms with Crippen LogP contribution in [0.2, 0.25) is 0 Å². The van der Waals surface area contributed by atoms with E-state index in [1.165, 1.54) is 24.8 Å². The lowest BCUT2D eigenvalue weighted by Crippen LogP contribution is -2.50. The summed E-state index contributed by atoms with van der Waals surface area (Å²) < 4.78 is 2.65. The zero-order valence-corrected chi connectivity index (χ0v) is 23.2. The van der Waals surface area contributed by atoms with E-state index < -0.39 is 0 Å². The smallest absolute Gasteiger partial charge is 0.281 e. The van der Waals surface area contributed by atoms with E-state index >= 15 is 0 Å². The third kappa shape index (κ3) is 4.68. The molecule has 3 heterocycles. The van der Waals surface area contributed by atoms with Crippen LogP contribution in [0.5, 0.6) is 5.75 Å². The molecule has 1 aromatic heterocycles. The van der Waals surface area contributed by atoms with E-state index in [2.05, 4.69) is 50.4 Å². The number of halogens is 1. The van der Waals surface area contributed by atoms with E-state index in [9.17, 15) is 9.90 Å². The number of phenolic OH excluding ortho intramolecular Hbond substituents is 1. The number of hydrogen-bond acceptors (Lipinski definition) is 6. The first kappa shape index (κ1) is 25.0. The number of fused-ring (bicyclic) bond motifs is 3. The van der Waals surface area contributed by atoms with Gasteiger partial charge in [-0.3, -0.25) is 19.2 Å². The SMILES string of the molecule is CCN1C(=O)c2c(nc(NC3CCCCC3)n2Cc2ccc(O)c(Br)c2)N2CC(Cc3ccccc3)N=C12. The van der Waals surface area contributed by atoms with Gasteiger partial charge >= 0.3 is 0 Å². The van der Waals surface area contributed by atoms with E-state index in [1.54, 1.807) is 11.0 Å². The Morgan fingerprint density at radius 3 is 2.61 bits per heavy atom. The fraction of sp³-hybridized carbons (Fsp3) is 0.414. The van der Waals surface area contributed by atoms with Crippen molar-refractivity contribution in [3.8, 4) is 5.75 Å². The van der Waals surface area contributed by atoms with Crippen molar-refractivity contribution in [2.24, 2.45) is 4.99 Å². The first-order chi connectivity index (χ1) is 18.5. The van der Waals surface area contributed by atoms with Gasteiger partial charge in [-0.1, -0.05) is 55.7 Å². The van der Waals surface area contributed by atoms with Gasteiger partial charge in [0.2, 0.25) is 11.9 Å². The fourth-order valence-electron chi connectivity index (χ4n) is 5.83. The molecular formula is C29H33BrN6O2. The van der Waals surface area contributed by atoms with Gasteiger partial charge in [0.25, 0.3) is 5.91 Å². The monoisotopic (exact) mass is 576 g/mol. The van der Waals surface area contributed by atoms with Gasteiger partial charge in [0, 0.05) is 12.6 Å². The molecule has 38 heavy (non-hydrogen) atoms. The third-order valence-electron chi connectivity index (χ3n) is 7.75. The number of rotatable bonds is 7. The highest BCUT2D eigenvalue weighted by molar-refractivity contribution is 9.10. The van der Waals surface area contributed by atoms with Crippen LogP contribution in [0.1, 0.15) is 60.6 Å². The summed E-state index contributed by atoms with van der Waals surface area (Å²) in [7, 11) is 0. The molecule has 0 radical (unpaired) electrons. The summed E-state index contributed by atoms with van der Waals surface area (Å²) in [5.74, 6) is 2.23. The molecule has 1 amide bonds. The molecule has 2 aliphatic heterocycles. The Kier molecular flexibility index (Phi) is 6.86. The molecule has 3 aliphatic rings. The number of hydrogen-bond donors (Lipinski definition) is 2. The summed E-state index contributed by atoms with van der Waals surface area (Å²) in [5, 5.41) is 13.7. The van der Waals surface area contributed by atoms with E-state index in [0.29, 0.717) is 47.6 Å². The van der Waals surface area contributed by atoms with Crippen LogP contribution < -0.4 is 10.2 Å². The lowest BCUT2D eigenvalue weighted by Gasteiger charge is -2.33. The highest BCUT2D eigenvalue weighted by Crippen LogP contribution is 2.36. The highest BCUT2D eigenvalue weighted by Gasteiger charge is 2.43. The number of aromatic nitrogens is 2. The van der Waals surface area contributed by atoms with E-state index in [4.69, 9.17) is 9.98 Å². The van der Waals surface area contributed by atoms with Crippen molar-refractivity contribution in [2.75, 3.05) is 23.3 Å². The predicted molar refractivity (Wildman–Crippen MR) is 153 cm³/mol. The van der Waals surface area contributed by atoms with Gasteiger partial charge in [0.05, 0.1) is 23.6 Å². The van der Waals surface area contributed by atoms with E-state index in [1.807, 2.05) is 29.7 Å². The molecule has 0 bridgehead atoms. The number of phenols is 1. The third-order valence-corrected chi connectivity index (χ3v) is 8.38. The van der Waals surface area contributed by atoms with Gasteiger partial charge in [-0.2, -0.15) is 4.98 Å². The number of anilines is 2. The standard InChI is InChI=1S/C29H33BrN6O2/c1-2-34-27(38)25-26(36-18-22(32-29(34)36)15-19-9-5-3-6-10-19)33-28(31-21-11-7-4-8-12-21)35(25)17-20-13-14-24(37)23(30)16-20/h3,5-6,9-10,13-14,16,21-22,37H,2,4,7-8,11-12,15,17-18H2,1H3,(H,31,33). The van der Waals surface area contributed by atoms with Crippen LogP contribution in [-0.4, -0.2) is 56.6 Å². The van der Waals surface area contributed by atoms with Crippen molar-refractivity contribution >= 4 is 39.6 Å². The summed E-state index contributed by atoms with van der Waals surface area (Å²) in [6.45, 7) is 3.68. The van der Waals surface area contributed by atoms with Crippen molar-refractivity contribution < 1.29 is 9.90 Å². The van der Waals surface area contributed by atoms with Crippen LogP contribution in [0, 0.1) is 0 Å². The number of aliphatic imine (C=N–C) groups is 1. The molecule has 198 valence electrons. The summed E-state index contributed by atoms with van der Waals surface area (Å²) in [5.41, 5.74) is 2.80. The first-order valence-corrected chi connectivity index (χ1v) is 14.4. The second-order valence-corrected chi connectivity index (χ2v) is 11.2. The van der Waals surface area contributed by atoms with E-state index in [0.717, 1.165) is 30.8 Å². The molecular weight excluding hydrogens is 544 g/mol. The Morgan fingerprint density at radius 2 is 1.87 bits per heavy atom. The molecule has 1 saturated carbocycles. The Bertz CT molecular complexity index is 1360. The lowest BCUT2D eigenvalue weighted by atomic mass is 9.96. The number of benzene rings is 2. The molecule has 1 fully saturated rings. The zero-order valence-electron chi connectivity index (χ0n) is 21.6. The maximum atomic E-state index is 14.0. The largest absolute Gasteiger partial charge is 0.507 e. The lowest BCUT2D eigenvalue weighted by molar-refractivity contribution is 0.0836. The maximum Gasteiger partial charge on any atom is 0.281 e. The van der Waals surface area contributed by atoms with Crippen LogP contribution in [0.25, 0.3) is 0 Å². The second kappa shape index (κ2) is 10.4. The van der Waals surface area contributed by atoms with Gasteiger partial charge < -0.3 is 10.4 Å². The number of amides is 1. The topological polar surface area (TPSA) is 86.0 Å². The number of imidazole rings is 1. The number of guanidine groups is 1. The van der Waals surface area contributed by atoms with Crippen LogP contribution in [0.3, 0.4) is 0 Å². The van der Waals surface area contributed by atoms with Gasteiger partial charge in [-0.25, -0.2) is 4.99 Å². The molecule has 9 heteroatoms. The van der Waals surface area contributed by atoms with Crippen LogP contribution in [0.4, 0.5) is 11.8 Å². The van der Waals surface area contributed by atoms with Crippen LogP contribution >= 0.6 is 15.9 Å². The molecule has 1 unspecified atom stereocenters. The Hall–Kier alpha value is -3.33. The molecule has 1 aliphatic carbocycles. The van der Waals surface area contributed by atoms with Gasteiger partial charge in [-0.15, -0.1) is 0 Å². The van der Waals surface area contributed by atoms with Gasteiger partial charge in [0.1, 0.15) is 5.75 Å². The molecule has 1 atom stereocenters. The van der Waals surface area contributed by atoms with Crippen molar-refractivity contribution in [2.45, 2.75) is 64.1 Å². The van der Waals surface area contributed by atoms with Crippen LogP contribution in [-0.2, 0) is 13.0 Å². The minimum atomic E-state index is -0.0695.